The summed E-state index contributed by atoms with van der Waals surface area (Å²) in [6, 6.07) is -1.52. The fraction of sp³-hybridized carbons (Fsp3) is 0.846. The average molecular weight is 275 g/mol. The number of hydrogen-bond acceptors (Lipinski definition) is 4. The number of carboxylic acids is 1. The molecule has 6 nitrogen and oxygen atoms in total. The zero-order valence-electron chi connectivity index (χ0n) is 12.5. The molecule has 0 bridgehead atoms. The second-order valence-electron chi connectivity index (χ2n) is 4.04. The van der Waals surface area contributed by atoms with E-state index in [0.29, 0.717) is 6.42 Å². The summed E-state index contributed by atoms with van der Waals surface area (Å²) in [5.74, 6) is -1.44. The number of rotatable bonds is 9. The Labute approximate surface area is 116 Å². The first kappa shape index (κ1) is 20.2. The van der Waals surface area contributed by atoms with Crippen molar-refractivity contribution in [3.63, 3.8) is 0 Å². The molecule has 5 N–H and O–H groups in total. The van der Waals surface area contributed by atoms with Crippen LogP contribution in [0.5, 0.6) is 0 Å². The van der Waals surface area contributed by atoms with Crippen LogP contribution in [0, 0.1) is 0 Å². The first-order valence-corrected chi connectivity index (χ1v) is 6.98. The van der Waals surface area contributed by atoms with E-state index in [1.165, 1.54) is 6.92 Å². The number of hydrogen-bond donors (Lipinski definition) is 4. The normalized spacial score (nSPS) is 12.9. The second kappa shape index (κ2) is 13.3. The van der Waals surface area contributed by atoms with E-state index in [1.807, 2.05) is 20.8 Å². The Bertz CT molecular complexity index is 245. The predicted octanol–water partition coefficient (Wildman–Crippen LogP) is 0.709. The van der Waals surface area contributed by atoms with Gasteiger partial charge in [-0.15, -0.1) is 0 Å². The van der Waals surface area contributed by atoms with Gasteiger partial charge >= 0.3 is 5.97 Å². The molecule has 6 heteroatoms. The highest BCUT2D eigenvalue weighted by Gasteiger charge is 2.20. The van der Waals surface area contributed by atoms with E-state index in [-0.39, 0.29) is 0 Å². The average Bonchev–Trinajstić information content (AvgIpc) is 2.38. The number of amides is 1. The summed E-state index contributed by atoms with van der Waals surface area (Å²) in [6.07, 6.45) is 2.08. The molecular formula is C13H29N3O3. The summed E-state index contributed by atoms with van der Waals surface area (Å²) in [4.78, 5) is 22.2. The summed E-state index contributed by atoms with van der Waals surface area (Å²) in [5.41, 5.74) is 5.36. The lowest BCUT2D eigenvalue weighted by Crippen LogP contribution is -2.47. The molecule has 0 aromatic carbocycles. The number of nitrogens with one attached hydrogen (secondary N) is 2. The number of carbonyl (C=O) groups excluding carboxylic acids is 1. The maximum Gasteiger partial charge on any atom is 0.326 e. The third kappa shape index (κ3) is 11.7. The fourth-order valence-electron chi connectivity index (χ4n) is 1.34. The number of carboxylic acid groups (broad SMARTS) is 1. The predicted molar refractivity (Wildman–Crippen MR) is 77.0 cm³/mol. The van der Waals surface area contributed by atoms with Crippen molar-refractivity contribution in [1.29, 1.82) is 0 Å². The molecule has 0 rings (SSSR count). The molecule has 114 valence electrons. The van der Waals surface area contributed by atoms with Crippen LogP contribution in [0.1, 0.15) is 47.0 Å². The lowest BCUT2D eigenvalue weighted by atomic mass is 10.1. The Morgan fingerprint density at radius 1 is 1.26 bits per heavy atom. The number of nitrogens with two attached hydrogens (primary N) is 1. The molecule has 0 heterocycles. The van der Waals surface area contributed by atoms with Gasteiger partial charge in [0.1, 0.15) is 6.04 Å². The van der Waals surface area contributed by atoms with E-state index < -0.39 is 24.0 Å². The van der Waals surface area contributed by atoms with E-state index in [4.69, 9.17) is 10.8 Å². The maximum atomic E-state index is 11.3. The van der Waals surface area contributed by atoms with Gasteiger partial charge in [0.15, 0.2) is 0 Å². The van der Waals surface area contributed by atoms with Crippen LogP contribution in [0.4, 0.5) is 0 Å². The number of unbranched alkanes of at least 4 members (excludes halogenated alkanes) is 1. The van der Waals surface area contributed by atoms with Gasteiger partial charge in [-0.2, -0.15) is 0 Å². The quantitative estimate of drug-likeness (QED) is 0.464. The minimum absolute atomic E-state index is 0.427. The van der Waals surface area contributed by atoms with Crippen LogP contribution in [0.15, 0.2) is 0 Å². The SMILES string of the molecule is CC.CCNCCCCC(NC(=O)C(C)N)C(=O)O. The molecule has 0 aliphatic rings. The minimum atomic E-state index is -1.01. The van der Waals surface area contributed by atoms with Gasteiger partial charge < -0.3 is 21.5 Å². The fourth-order valence-corrected chi connectivity index (χ4v) is 1.34. The standard InChI is InChI=1S/C11H23N3O3.C2H6/c1-3-13-7-5-4-6-9(11(16)17)14-10(15)8(2)12;1-2/h8-9,13H,3-7,12H2,1-2H3,(H,14,15)(H,16,17);1-2H3. The van der Waals surface area contributed by atoms with Crippen LogP contribution in [-0.2, 0) is 9.59 Å². The summed E-state index contributed by atoms with van der Waals surface area (Å²) in [5, 5.41) is 14.5. The molecule has 0 radical (unpaired) electrons. The lowest BCUT2D eigenvalue weighted by molar-refractivity contribution is -0.142. The Hall–Kier alpha value is -1.14. The monoisotopic (exact) mass is 275 g/mol. The molecule has 0 aromatic heterocycles. The van der Waals surface area contributed by atoms with Crippen molar-refractivity contribution in [2.45, 2.75) is 59.0 Å². The van der Waals surface area contributed by atoms with Crippen molar-refractivity contribution in [3.8, 4) is 0 Å². The Morgan fingerprint density at radius 2 is 1.84 bits per heavy atom. The van der Waals surface area contributed by atoms with E-state index in [9.17, 15) is 9.59 Å². The van der Waals surface area contributed by atoms with E-state index in [0.717, 1.165) is 25.9 Å². The molecule has 0 aliphatic heterocycles. The zero-order valence-corrected chi connectivity index (χ0v) is 12.5. The van der Waals surface area contributed by atoms with Crippen LogP contribution >= 0.6 is 0 Å². The van der Waals surface area contributed by atoms with Gasteiger partial charge in [0.05, 0.1) is 6.04 Å². The summed E-state index contributed by atoms with van der Waals surface area (Å²) >= 11 is 0. The second-order valence-corrected chi connectivity index (χ2v) is 4.04. The molecule has 2 atom stereocenters. The van der Waals surface area contributed by atoms with Gasteiger partial charge in [0, 0.05) is 0 Å². The highest BCUT2D eigenvalue weighted by molar-refractivity contribution is 5.86. The van der Waals surface area contributed by atoms with Gasteiger partial charge in [-0.05, 0) is 39.3 Å². The molecule has 0 saturated carbocycles. The third-order valence-corrected chi connectivity index (χ3v) is 2.37. The van der Waals surface area contributed by atoms with Crippen LogP contribution in [-0.4, -0.2) is 42.2 Å². The van der Waals surface area contributed by atoms with E-state index in [2.05, 4.69) is 10.6 Å². The van der Waals surface area contributed by atoms with Gasteiger partial charge in [0.2, 0.25) is 5.91 Å². The third-order valence-electron chi connectivity index (χ3n) is 2.37. The molecule has 19 heavy (non-hydrogen) atoms. The topological polar surface area (TPSA) is 104 Å². The molecule has 1 amide bonds. The van der Waals surface area contributed by atoms with Crippen LogP contribution < -0.4 is 16.4 Å². The van der Waals surface area contributed by atoms with Crippen molar-refractivity contribution in [2.24, 2.45) is 5.73 Å². The minimum Gasteiger partial charge on any atom is -0.480 e. The maximum absolute atomic E-state index is 11.3. The Balaban J connectivity index is 0. The van der Waals surface area contributed by atoms with Crippen molar-refractivity contribution >= 4 is 11.9 Å². The molecule has 0 saturated heterocycles. The summed E-state index contributed by atoms with van der Waals surface area (Å²) in [6.45, 7) is 9.32. The highest BCUT2D eigenvalue weighted by Crippen LogP contribution is 2.01. The first-order chi connectivity index (χ1) is 8.99. The molecule has 0 aromatic rings. The van der Waals surface area contributed by atoms with Crippen LogP contribution in [0.3, 0.4) is 0 Å². The van der Waals surface area contributed by atoms with Crippen molar-refractivity contribution < 1.29 is 14.7 Å². The first-order valence-electron chi connectivity index (χ1n) is 6.98. The Morgan fingerprint density at radius 3 is 2.26 bits per heavy atom. The van der Waals surface area contributed by atoms with Gasteiger partial charge in [-0.25, -0.2) is 4.79 Å². The zero-order chi connectivity index (χ0) is 15.3. The molecule has 0 spiro atoms. The van der Waals surface area contributed by atoms with Crippen LogP contribution in [0.25, 0.3) is 0 Å². The van der Waals surface area contributed by atoms with Crippen molar-refractivity contribution in [2.75, 3.05) is 13.1 Å². The van der Waals surface area contributed by atoms with Crippen molar-refractivity contribution in [3.05, 3.63) is 0 Å². The van der Waals surface area contributed by atoms with Gasteiger partial charge in [-0.1, -0.05) is 20.8 Å². The lowest BCUT2D eigenvalue weighted by Gasteiger charge is -2.15. The molecule has 0 aliphatic carbocycles. The van der Waals surface area contributed by atoms with Gasteiger partial charge in [0.25, 0.3) is 0 Å². The largest absolute Gasteiger partial charge is 0.480 e. The number of carbonyl (C=O) groups is 2. The molecule has 2 unspecified atom stereocenters. The number of aliphatic carboxylic acids is 1. The highest BCUT2D eigenvalue weighted by atomic mass is 16.4. The summed E-state index contributed by atoms with van der Waals surface area (Å²) in [7, 11) is 0. The molecular weight excluding hydrogens is 246 g/mol. The van der Waals surface area contributed by atoms with E-state index in [1.54, 1.807) is 0 Å². The van der Waals surface area contributed by atoms with Gasteiger partial charge in [-0.3, -0.25) is 4.79 Å². The van der Waals surface area contributed by atoms with E-state index >= 15 is 0 Å². The summed E-state index contributed by atoms with van der Waals surface area (Å²) < 4.78 is 0. The smallest absolute Gasteiger partial charge is 0.326 e. The molecule has 0 fully saturated rings. The van der Waals surface area contributed by atoms with Crippen LogP contribution in [0.2, 0.25) is 0 Å². The Kier molecular flexibility index (Phi) is 14.1. The van der Waals surface area contributed by atoms with Crippen molar-refractivity contribution in [1.82, 2.24) is 10.6 Å².